The number of fused-ring (bicyclic) bond motifs is 2. The van der Waals surface area contributed by atoms with Gasteiger partial charge in [0.15, 0.2) is 0 Å². The maximum atomic E-state index is 11.5. The van der Waals surface area contributed by atoms with Gasteiger partial charge in [-0.3, -0.25) is 0 Å². The van der Waals surface area contributed by atoms with Gasteiger partial charge in [0.2, 0.25) is 0 Å². The van der Waals surface area contributed by atoms with Crippen molar-refractivity contribution < 1.29 is 23.4 Å². The lowest BCUT2D eigenvalue weighted by molar-refractivity contribution is -0.112. The van der Waals surface area contributed by atoms with E-state index in [1.54, 1.807) is 24.5 Å². The summed E-state index contributed by atoms with van der Waals surface area (Å²) in [5, 5.41) is 11.9. The Hall–Kier alpha value is -2.31. The number of aliphatic hydroxyl groups is 1. The minimum Gasteiger partial charge on any atom is -0.489 e. The summed E-state index contributed by atoms with van der Waals surface area (Å²) >= 11 is 0. The molecule has 0 unspecified atom stereocenters. The summed E-state index contributed by atoms with van der Waals surface area (Å²) in [5.74, 6) is 0.512. The fourth-order valence-electron chi connectivity index (χ4n) is 2.70. The van der Waals surface area contributed by atoms with Crippen LogP contribution in [0, 0.1) is 0 Å². The third-order valence-corrected chi connectivity index (χ3v) is 4.47. The van der Waals surface area contributed by atoms with E-state index in [9.17, 15) is 9.90 Å². The maximum Gasteiger partial charge on any atom is 0.336 e. The van der Waals surface area contributed by atoms with Crippen LogP contribution in [0.4, 0.5) is 0 Å². The number of aliphatic hydroxyl groups excluding tert-OH is 1. The van der Waals surface area contributed by atoms with Gasteiger partial charge in [0.25, 0.3) is 0 Å². The molecule has 6 nitrogen and oxygen atoms in total. The highest BCUT2D eigenvalue weighted by atomic mass is 16.5. The van der Waals surface area contributed by atoms with Crippen LogP contribution in [0.2, 0.25) is 0 Å². The fourth-order valence-corrected chi connectivity index (χ4v) is 2.70. The second-order valence-corrected chi connectivity index (χ2v) is 6.84. The normalized spacial score (nSPS) is 13.4. The summed E-state index contributed by atoms with van der Waals surface area (Å²) in [7, 11) is 0. The van der Waals surface area contributed by atoms with Crippen molar-refractivity contribution in [1.82, 2.24) is 0 Å². The second kappa shape index (κ2) is 7.51. The van der Waals surface area contributed by atoms with Crippen molar-refractivity contribution >= 4 is 21.9 Å². The van der Waals surface area contributed by atoms with Crippen molar-refractivity contribution in [2.45, 2.75) is 45.3 Å². The molecule has 0 amide bonds. The average molecular weight is 360 g/mol. The molecule has 0 fully saturated rings. The zero-order valence-corrected chi connectivity index (χ0v) is 15.3. The van der Waals surface area contributed by atoms with E-state index >= 15 is 0 Å². The molecule has 2 aromatic heterocycles. The molecular weight excluding hydrogens is 336 g/mol. The molecule has 2 heterocycles. The van der Waals surface area contributed by atoms with Crippen LogP contribution in [0.15, 0.2) is 44.2 Å². The largest absolute Gasteiger partial charge is 0.489 e. The van der Waals surface area contributed by atoms with Gasteiger partial charge < -0.3 is 23.4 Å². The van der Waals surface area contributed by atoms with Gasteiger partial charge >= 0.3 is 5.63 Å². The van der Waals surface area contributed by atoms with E-state index in [1.165, 1.54) is 6.07 Å². The number of rotatable bonds is 8. The first-order chi connectivity index (χ1) is 12.4. The lowest BCUT2D eigenvalue weighted by atomic mass is 10.0. The Labute approximate surface area is 151 Å². The molecule has 1 aromatic carbocycles. The molecule has 6 heteroatoms. The lowest BCUT2D eigenvalue weighted by Gasteiger charge is -2.30. The molecule has 0 aliphatic heterocycles. The Kier molecular flexibility index (Phi) is 5.34. The number of hydrogen-bond acceptors (Lipinski definition) is 6. The van der Waals surface area contributed by atoms with E-state index in [4.69, 9.17) is 18.3 Å². The number of hydrogen-bond donors (Lipinski definition) is 1. The van der Waals surface area contributed by atoms with Crippen LogP contribution < -0.4 is 10.4 Å². The van der Waals surface area contributed by atoms with Gasteiger partial charge in [-0.05, 0) is 32.4 Å². The number of furan rings is 1. The van der Waals surface area contributed by atoms with Gasteiger partial charge in [0, 0.05) is 18.7 Å². The van der Waals surface area contributed by atoms with Crippen LogP contribution >= 0.6 is 0 Å². The zero-order chi connectivity index (χ0) is 18.7. The van der Waals surface area contributed by atoms with Crippen molar-refractivity contribution in [3.8, 4) is 5.75 Å². The Morgan fingerprint density at radius 1 is 1.19 bits per heavy atom. The van der Waals surface area contributed by atoms with E-state index in [1.807, 2.05) is 13.8 Å². The van der Waals surface area contributed by atoms with E-state index < -0.39 is 17.3 Å². The van der Waals surface area contributed by atoms with Crippen LogP contribution in [0.25, 0.3) is 21.9 Å². The molecule has 3 rings (SSSR count). The number of ether oxygens (including phenoxy) is 2. The molecule has 1 N–H and O–H groups in total. The van der Waals surface area contributed by atoms with Gasteiger partial charge in [-0.1, -0.05) is 13.3 Å². The molecule has 0 bridgehead atoms. The topological polar surface area (TPSA) is 82.0 Å². The van der Waals surface area contributed by atoms with E-state index in [-0.39, 0.29) is 6.61 Å². The SMILES string of the molecule is CCCCOC(C)(C)[C@H](O)COc1c2ccoc2cc2oc(=O)ccc12. The van der Waals surface area contributed by atoms with Crippen LogP contribution in [0.3, 0.4) is 0 Å². The Morgan fingerprint density at radius 3 is 2.73 bits per heavy atom. The Balaban J connectivity index is 1.85. The molecule has 0 saturated carbocycles. The zero-order valence-electron chi connectivity index (χ0n) is 15.3. The molecule has 0 radical (unpaired) electrons. The monoisotopic (exact) mass is 360 g/mol. The second-order valence-electron chi connectivity index (χ2n) is 6.84. The predicted octanol–water partition coefficient (Wildman–Crippen LogP) is 3.87. The van der Waals surface area contributed by atoms with Crippen molar-refractivity contribution in [1.29, 1.82) is 0 Å². The van der Waals surface area contributed by atoms with Crippen molar-refractivity contribution in [2.75, 3.05) is 13.2 Å². The van der Waals surface area contributed by atoms with Gasteiger partial charge in [0.1, 0.15) is 29.6 Å². The molecule has 1 atom stereocenters. The van der Waals surface area contributed by atoms with E-state index in [2.05, 4.69) is 6.92 Å². The highest BCUT2D eigenvalue weighted by molar-refractivity contribution is 6.01. The third-order valence-electron chi connectivity index (χ3n) is 4.47. The smallest absolute Gasteiger partial charge is 0.336 e. The van der Waals surface area contributed by atoms with Crippen LogP contribution in [0.1, 0.15) is 33.6 Å². The Bertz CT molecular complexity index is 936. The number of unbranched alkanes of at least 4 members (excludes halogenated alkanes) is 1. The first-order valence-corrected chi connectivity index (χ1v) is 8.81. The quantitative estimate of drug-likeness (QED) is 0.485. The van der Waals surface area contributed by atoms with Crippen molar-refractivity contribution in [2.24, 2.45) is 0 Å². The van der Waals surface area contributed by atoms with Gasteiger partial charge in [-0.2, -0.15) is 0 Å². The van der Waals surface area contributed by atoms with Gasteiger partial charge in [-0.15, -0.1) is 0 Å². The predicted molar refractivity (Wildman–Crippen MR) is 98.7 cm³/mol. The highest BCUT2D eigenvalue weighted by Gasteiger charge is 2.29. The van der Waals surface area contributed by atoms with Crippen molar-refractivity contribution in [3.05, 3.63) is 40.9 Å². The van der Waals surface area contributed by atoms with Gasteiger partial charge in [-0.25, -0.2) is 4.79 Å². The number of benzene rings is 1. The summed E-state index contributed by atoms with van der Waals surface area (Å²) in [6.07, 6.45) is 2.69. The molecule has 0 spiro atoms. The summed E-state index contributed by atoms with van der Waals surface area (Å²) in [6.45, 7) is 6.40. The summed E-state index contributed by atoms with van der Waals surface area (Å²) in [6, 6.07) is 6.44. The van der Waals surface area contributed by atoms with Crippen LogP contribution in [0.5, 0.6) is 5.75 Å². The first-order valence-electron chi connectivity index (χ1n) is 8.81. The average Bonchev–Trinajstić information content (AvgIpc) is 3.06. The maximum absolute atomic E-state index is 11.5. The standard InChI is InChI=1S/C20H24O6/c1-4-5-9-25-20(2,3)17(21)12-24-19-13-6-7-18(22)26-16(13)11-15-14(19)8-10-23-15/h6-8,10-11,17,21H,4-5,9,12H2,1-3H3/t17-/m1/s1. The summed E-state index contributed by atoms with van der Waals surface area (Å²) in [5.41, 5.74) is -0.250. The van der Waals surface area contributed by atoms with E-state index in [0.717, 1.165) is 18.2 Å². The lowest BCUT2D eigenvalue weighted by Crippen LogP contribution is -2.43. The third kappa shape index (κ3) is 3.76. The summed E-state index contributed by atoms with van der Waals surface area (Å²) < 4.78 is 22.4. The minimum absolute atomic E-state index is 0.0393. The van der Waals surface area contributed by atoms with Crippen LogP contribution in [-0.2, 0) is 4.74 Å². The molecule has 0 aliphatic carbocycles. The first kappa shape index (κ1) is 18.5. The molecule has 0 saturated heterocycles. The molecule has 3 aromatic rings. The Morgan fingerprint density at radius 2 is 1.96 bits per heavy atom. The molecular formula is C20H24O6. The van der Waals surface area contributed by atoms with Crippen LogP contribution in [-0.4, -0.2) is 30.0 Å². The minimum atomic E-state index is -0.827. The highest BCUT2D eigenvalue weighted by Crippen LogP contribution is 2.35. The van der Waals surface area contributed by atoms with E-state index in [0.29, 0.717) is 28.9 Å². The molecule has 26 heavy (non-hydrogen) atoms. The molecule has 0 aliphatic rings. The molecule has 140 valence electrons. The van der Waals surface area contributed by atoms with Gasteiger partial charge in [0.05, 0.1) is 22.6 Å². The van der Waals surface area contributed by atoms with Crippen molar-refractivity contribution in [3.63, 3.8) is 0 Å². The summed E-state index contributed by atoms with van der Waals surface area (Å²) in [4.78, 5) is 11.5. The fraction of sp³-hybridized carbons (Fsp3) is 0.450.